The molecule has 0 saturated carbocycles. The molecule has 0 atom stereocenters. The second-order valence-electron chi connectivity index (χ2n) is 7.70. The Labute approximate surface area is 180 Å². The highest BCUT2D eigenvalue weighted by Gasteiger charge is 2.27. The average molecular weight is 442 g/mol. The summed E-state index contributed by atoms with van der Waals surface area (Å²) >= 11 is 0. The van der Waals surface area contributed by atoms with Crippen molar-refractivity contribution in [3.05, 3.63) is 41.6 Å². The third-order valence-electron chi connectivity index (χ3n) is 5.63. The van der Waals surface area contributed by atoms with Crippen molar-refractivity contribution in [2.45, 2.75) is 30.3 Å². The van der Waals surface area contributed by atoms with Gasteiger partial charge in [-0.15, -0.1) is 0 Å². The molecule has 0 unspecified atom stereocenters. The molecule has 2 aliphatic heterocycles. The lowest BCUT2D eigenvalue weighted by molar-refractivity contribution is 0.0893. The van der Waals surface area contributed by atoms with E-state index < -0.39 is 15.9 Å². The van der Waals surface area contributed by atoms with Crippen LogP contribution in [0.25, 0.3) is 0 Å². The lowest BCUT2D eigenvalue weighted by atomic mass is 10.1. The zero-order valence-electron chi connectivity index (χ0n) is 17.0. The number of likely N-dealkylation sites (tertiary alicyclic amines) is 1. The van der Waals surface area contributed by atoms with Crippen LogP contribution in [0.1, 0.15) is 24.0 Å². The number of nitriles is 1. The predicted molar refractivity (Wildman–Crippen MR) is 112 cm³/mol. The molecule has 4 rings (SSSR count). The summed E-state index contributed by atoms with van der Waals surface area (Å²) in [5.41, 5.74) is 2.12. The first-order chi connectivity index (χ1) is 14.8. The van der Waals surface area contributed by atoms with Gasteiger partial charge in [-0.2, -0.15) is 5.26 Å². The highest BCUT2D eigenvalue weighted by atomic mass is 32.2. The van der Waals surface area contributed by atoms with E-state index in [0.29, 0.717) is 56.0 Å². The number of rotatable bonds is 4. The minimum Gasteiger partial charge on any atom is -0.489 e. The van der Waals surface area contributed by atoms with Crippen LogP contribution in [0.5, 0.6) is 5.75 Å². The third-order valence-corrected chi connectivity index (χ3v) is 6.74. The first-order valence-corrected chi connectivity index (χ1v) is 11.8. The molecule has 162 valence electrons. The van der Waals surface area contributed by atoms with Crippen molar-refractivity contribution < 1.29 is 23.1 Å². The molecule has 1 saturated heterocycles. The van der Waals surface area contributed by atoms with Gasteiger partial charge in [-0.1, -0.05) is 0 Å². The maximum Gasteiger partial charge on any atom is 0.407 e. The Morgan fingerprint density at radius 3 is 2.65 bits per heavy atom. The number of aromatic nitrogens is 1. The first kappa shape index (κ1) is 20.9. The minimum atomic E-state index is -3.28. The Balaban J connectivity index is 1.57. The molecule has 1 aromatic heterocycles. The molecule has 0 radical (unpaired) electrons. The van der Waals surface area contributed by atoms with Crippen LogP contribution in [0.15, 0.2) is 35.4 Å². The van der Waals surface area contributed by atoms with Gasteiger partial charge in [0.2, 0.25) is 0 Å². The third kappa shape index (κ3) is 4.27. The fourth-order valence-corrected chi connectivity index (χ4v) is 4.62. The molecule has 0 spiro atoms. The van der Waals surface area contributed by atoms with Gasteiger partial charge in [-0.3, -0.25) is 0 Å². The van der Waals surface area contributed by atoms with E-state index >= 15 is 0 Å². The molecule has 1 fully saturated rings. The van der Waals surface area contributed by atoms with Crippen LogP contribution in [0.3, 0.4) is 0 Å². The van der Waals surface area contributed by atoms with E-state index in [2.05, 4.69) is 11.1 Å². The Morgan fingerprint density at radius 1 is 1.26 bits per heavy atom. The molecule has 1 amide bonds. The van der Waals surface area contributed by atoms with Crippen LogP contribution in [0.2, 0.25) is 0 Å². The molecule has 10 heteroatoms. The summed E-state index contributed by atoms with van der Waals surface area (Å²) in [4.78, 5) is 19.1. The molecule has 9 nitrogen and oxygen atoms in total. The van der Waals surface area contributed by atoms with Gasteiger partial charge in [-0.25, -0.2) is 18.2 Å². The van der Waals surface area contributed by atoms with Gasteiger partial charge in [0.15, 0.2) is 9.84 Å². The molecular weight excluding hydrogens is 420 g/mol. The summed E-state index contributed by atoms with van der Waals surface area (Å²) < 4.78 is 29.7. The lowest BCUT2D eigenvalue weighted by Gasteiger charge is -2.30. The number of carboxylic acid groups (broad SMARTS) is 1. The number of anilines is 2. The topological polar surface area (TPSA) is 124 Å². The summed E-state index contributed by atoms with van der Waals surface area (Å²) in [6.07, 6.45) is 3.33. The van der Waals surface area contributed by atoms with Crippen molar-refractivity contribution in [2.75, 3.05) is 30.8 Å². The summed E-state index contributed by atoms with van der Waals surface area (Å²) in [6.45, 7) is 1.42. The number of ether oxygens (including phenoxy) is 1. The van der Waals surface area contributed by atoms with Gasteiger partial charge >= 0.3 is 6.09 Å². The smallest absolute Gasteiger partial charge is 0.407 e. The molecule has 2 aliphatic rings. The van der Waals surface area contributed by atoms with Crippen molar-refractivity contribution in [1.82, 2.24) is 9.88 Å². The van der Waals surface area contributed by atoms with Gasteiger partial charge in [0, 0.05) is 50.5 Å². The summed E-state index contributed by atoms with van der Waals surface area (Å²) in [7, 11) is -3.28. The lowest BCUT2D eigenvalue weighted by Crippen LogP contribution is -2.41. The number of amides is 1. The van der Waals surface area contributed by atoms with E-state index in [4.69, 9.17) is 9.84 Å². The number of nitrogens with zero attached hydrogens (tertiary/aromatic N) is 4. The van der Waals surface area contributed by atoms with Gasteiger partial charge in [0.25, 0.3) is 0 Å². The zero-order chi connectivity index (χ0) is 22.2. The normalized spacial score (nSPS) is 16.6. The number of carbonyl (C=O) groups is 1. The predicted octanol–water partition coefficient (Wildman–Crippen LogP) is 2.57. The molecule has 0 bridgehead atoms. The van der Waals surface area contributed by atoms with Crippen LogP contribution < -0.4 is 9.64 Å². The molecule has 2 aromatic rings. The van der Waals surface area contributed by atoms with E-state index in [1.165, 1.54) is 17.4 Å². The van der Waals surface area contributed by atoms with Gasteiger partial charge in [-0.05, 0) is 30.2 Å². The van der Waals surface area contributed by atoms with E-state index in [0.717, 1.165) is 11.3 Å². The minimum absolute atomic E-state index is 0.180. The van der Waals surface area contributed by atoms with Gasteiger partial charge in [0.1, 0.15) is 29.3 Å². The second kappa shape index (κ2) is 8.07. The fraction of sp³-hybridized carbons (Fsp3) is 0.381. The highest BCUT2D eigenvalue weighted by molar-refractivity contribution is 7.90. The largest absolute Gasteiger partial charge is 0.489 e. The molecule has 1 N–H and O–H groups in total. The van der Waals surface area contributed by atoms with Crippen molar-refractivity contribution in [1.29, 1.82) is 5.26 Å². The van der Waals surface area contributed by atoms with Gasteiger partial charge < -0.3 is 19.6 Å². The molecular formula is C21H22N4O5S. The van der Waals surface area contributed by atoms with E-state index in [-0.39, 0.29) is 11.0 Å². The Hall–Kier alpha value is -3.32. The highest BCUT2D eigenvalue weighted by Crippen LogP contribution is 2.37. The quantitative estimate of drug-likeness (QED) is 0.766. The SMILES string of the molecule is CS(=O)(=O)c1ccc2c(c1)CCN2c1cc(OC2CCN(C(=O)O)CC2)c(C#N)cn1. The van der Waals surface area contributed by atoms with Gasteiger partial charge in [0.05, 0.1) is 11.1 Å². The summed E-state index contributed by atoms with van der Waals surface area (Å²) in [5, 5.41) is 18.5. The van der Waals surface area contributed by atoms with E-state index in [1.54, 1.807) is 24.3 Å². The van der Waals surface area contributed by atoms with Crippen LogP contribution >= 0.6 is 0 Å². The fourth-order valence-electron chi connectivity index (χ4n) is 3.95. The maximum atomic E-state index is 11.8. The monoisotopic (exact) mass is 442 g/mol. The molecule has 31 heavy (non-hydrogen) atoms. The standard InChI is InChI=1S/C21H22N4O5S/c1-31(28,29)17-2-3-18-14(10-17)4-9-25(18)20-11-19(15(12-22)13-23-20)30-16-5-7-24(8-6-16)21(26)27/h2-3,10-11,13,16H,4-9H2,1H3,(H,26,27). The average Bonchev–Trinajstić information content (AvgIpc) is 3.17. The number of hydrogen-bond donors (Lipinski definition) is 1. The van der Waals surface area contributed by atoms with E-state index in [1.807, 2.05) is 4.90 Å². The molecule has 0 aliphatic carbocycles. The number of fused-ring (bicyclic) bond motifs is 1. The number of pyridine rings is 1. The zero-order valence-corrected chi connectivity index (χ0v) is 17.8. The number of hydrogen-bond acceptors (Lipinski definition) is 7. The van der Waals surface area contributed by atoms with E-state index in [9.17, 15) is 18.5 Å². The Morgan fingerprint density at radius 2 is 2.00 bits per heavy atom. The Bertz CT molecular complexity index is 1170. The van der Waals surface area contributed by atoms with Crippen LogP contribution in [0, 0.1) is 11.3 Å². The summed E-state index contributed by atoms with van der Waals surface area (Å²) in [6, 6.07) is 8.88. The molecule has 1 aromatic carbocycles. The van der Waals surface area contributed by atoms with Crippen LogP contribution in [-0.2, 0) is 16.3 Å². The Kier molecular flexibility index (Phi) is 5.45. The number of piperidine rings is 1. The van der Waals surface area contributed by atoms with Crippen molar-refractivity contribution in [2.24, 2.45) is 0 Å². The van der Waals surface area contributed by atoms with Crippen LogP contribution in [-0.4, -0.2) is 61.5 Å². The van der Waals surface area contributed by atoms with Crippen molar-refractivity contribution >= 4 is 27.4 Å². The number of sulfone groups is 1. The maximum absolute atomic E-state index is 11.8. The summed E-state index contributed by atoms with van der Waals surface area (Å²) in [5.74, 6) is 1.03. The van der Waals surface area contributed by atoms with Crippen molar-refractivity contribution in [3.63, 3.8) is 0 Å². The number of benzene rings is 1. The molecule has 3 heterocycles. The van der Waals surface area contributed by atoms with Crippen LogP contribution in [0.4, 0.5) is 16.3 Å². The first-order valence-electron chi connectivity index (χ1n) is 9.91. The van der Waals surface area contributed by atoms with Crippen molar-refractivity contribution in [3.8, 4) is 11.8 Å². The second-order valence-corrected chi connectivity index (χ2v) is 9.72.